The molecule has 3 aromatic rings. The Hall–Kier alpha value is -2.40. The van der Waals surface area contributed by atoms with E-state index in [1.54, 1.807) is 18.2 Å². The first kappa shape index (κ1) is 24.7. The lowest BCUT2D eigenvalue weighted by molar-refractivity contribution is 0.00578. The van der Waals surface area contributed by atoms with Crippen LogP contribution in [0.1, 0.15) is 33.3 Å². The van der Waals surface area contributed by atoms with Gasteiger partial charge in [0.25, 0.3) is 0 Å². The molecule has 0 radical (unpaired) electrons. The second-order valence-corrected chi connectivity index (χ2v) is 11.7. The minimum atomic E-state index is -3.58. The number of anilines is 1. The predicted octanol–water partition coefficient (Wildman–Crippen LogP) is 3.65. The Labute approximate surface area is 200 Å². The Morgan fingerprint density at radius 3 is 2.18 bits per heavy atom. The van der Waals surface area contributed by atoms with Crippen molar-refractivity contribution in [3.05, 3.63) is 47.8 Å². The van der Waals surface area contributed by atoms with E-state index >= 15 is 0 Å². The van der Waals surface area contributed by atoms with Crippen LogP contribution in [0, 0.1) is 5.82 Å². The van der Waals surface area contributed by atoms with Gasteiger partial charge in [-0.25, -0.2) is 12.8 Å². The maximum absolute atomic E-state index is 13.5. The topological polar surface area (TPSA) is 81.0 Å². The molecule has 0 atom stereocenters. The normalized spacial score (nSPS) is 17.5. The molecule has 0 aliphatic carbocycles. The van der Waals surface area contributed by atoms with Gasteiger partial charge in [-0.1, -0.05) is 0 Å². The van der Waals surface area contributed by atoms with Gasteiger partial charge in [0.2, 0.25) is 10.0 Å². The minimum absolute atomic E-state index is 0.338. The van der Waals surface area contributed by atoms with Crippen LogP contribution in [0.25, 0.3) is 22.3 Å². The quantitative estimate of drug-likeness (QED) is 0.534. The number of nitrogens with zero attached hydrogens (tertiary/aromatic N) is 1. The van der Waals surface area contributed by atoms with Crippen LogP contribution in [0.2, 0.25) is 0 Å². The monoisotopic (exact) mass is 488 g/mol. The zero-order valence-corrected chi connectivity index (χ0v) is 21.3. The molecule has 1 aromatic heterocycles. The molecule has 0 unspecified atom stereocenters. The number of benzene rings is 2. The van der Waals surface area contributed by atoms with Gasteiger partial charge in [-0.2, -0.15) is 0 Å². The van der Waals surface area contributed by atoms with Gasteiger partial charge in [-0.05, 0) is 65.1 Å². The Bertz CT molecular complexity index is 1320. The summed E-state index contributed by atoms with van der Waals surface area (Å²) in [6.45, 7) is 8.28. The molecule has 182 valence electrons. The van der Waals surface area contributed by atoms with E-state index < -0.39 is 28.3 Å². The van der Waals surface area contributed by atoms with E-state index in [2.05, 4.69) is 5.32 Å². The van der Waals surface area contributed by atoms with Gasteiger partial charge < -0.3 is 19.0 Å². The van der Waals surface area contributed by atoms with Gasteiger partial charge in [0.05, 0.1) is 23.1 Å². The first-order valence-electron chi connectivity index (χ1n) is 11.0. The van der Waals surface area contributed by atoms with Crippen molar-refractivity contribution in [2.75, 3.05) is 24.7 Å². The number of rotatable bonds is 6. The van der Waals surface area contributed by atoms with Gasteiger partial charge in [-0.3, -0.25) is 4.31 Å². The second kappa shape index (κ2) is 8.37. The summed E-state index contributed by atoms with van der Waals surface area (Å²) in [5.41, 5.74) is 1.89. The van der Waals surface area contributed by atoms with Gasteiger partial charge in [0.1, 0.15) is 17.2 Å². The number of fused-ring (bicyclic) bond motifs is 1. The highest BCUT2D eigenvalue weighted by Crippen LogP contribution is 2.39. The SMILES string of the molecule is CNCc1c(-c2ccc(F)cc2)oc2cc(N(C)S(C)(=O)=O)c(B3OC(C)(C)C(C)(C)O3)cc12. The summed E-state index contributed by atoms with van der Waals surface area (Å²) in [6, 6.07) is 9.64. The van der Waals surface area contributed by atoms with Crippen LogP contribution in [0.4, 0.5) is 10.1 Å². The van der Waals surface area contributed by atoms with E-state index in [9.17, 15) is 12.8 Å². The Balaban J connectivity index is 1.97. The van der Waals surface area contributed by atoms with Crippen molar-refractivity contribution in [1.29, 1.82) is 0 Å². The van der Waals surface area contributed by atoms with Crippen molar-refractivity contribution in [2.45, 2.75) is 45.4 Å². The summed E-state index contributed by atoms with van der Waals surface area (Å²) in [6.07, 6.45) is 1.14. The largest absolute Gasteiger partial charge is 0.497 e. The average Bonchev–Trinajstić information content (AvgIpc) is 3.19. The zero-order chi connectivity index (χ0) is 25.1. The molecule has 1 fully saturated rings. The minimum Gasteiger partial charge on any atom is -0.456 e. The summed E-state index contributed by atoms with van der Waals surface area (Å²) < 4.78 is 58.5. The molecule has 0 bridgehead atoms. The molecule has 1 aliphatic rings. The molecule has 34 heavy (non-hydrogen) atoms. The van der Waals surface area contributed by atoms with E-state index in [1.165, 1.54) is 23.5 Å². The van der Waals surface area contributed by atoms with Crippen LogP contribution in [0.3, 0.4) is 0 Å². The van der Waals surface area contributed by atoms with Crippen LogP contribution < -0.4 is 15.1 Å². The summed E-state index contributed by atoms with van der Waals surface area (Å²) in [4.78, 5) is 0. The first-order valence-corrected chi connectivity index (χ1v) is 12.9. The average molecular weight is 488 g/mol. The third kappa shape index (κ3) is 4.24. The zero-order valence-electron chi connectivity index (χ0n) is 20.5. The van der Waals surface area contributed by atoms with Crippen LogP contribution in [-0.4, -0.2) is 47.1 Å². The van der Waals surface area contributed by atoms with Gasteiger partial charge in [0, 0.05) is 41.6 Å². The molecule has 1 aliphatic heterocycles. The lowest BCUT2D eigenvalue weighted by Gasteiger charge is -2.32. The van der Waals surface area contributed by atoms with Crippen molar-refractivity contribution in [3.8, 4) is 11.3 Å². The van der Waals surface area contributed by atoms with Crippen LogP contribution in [0.5, 0.6) is 0 Å². The molecular weight excluding hydrogens is 458 g/mol. The third-order valence-corrected chi connectivity index (χ3v) is 7.94. The Morgan fingerprint density at radius 2 is 1.65 bits per heavy atom. The highest BCUT2D eigenvalue weighted by molar-refractivity contribution is 7.92. The van der Waals surface area contributed by atoms with Crippen LogP contribution in [-0.2, 0) is 25.9 Å². The van der Waals surface area contributed by atoms with E-state index in [0.717, 1.165) is 22.8 Å². The van der Waals surface area contributed by atoms with Crippen molar-refractivity contribution >= 4 is 39.3 Å². The van der Waals surface area contributed by atoms with Crippen molar-refractivity contribution in [1.82, 2.24) is 5.32 Å². The second-order valence-electron chi connectivity index (χ2n) is 9.67. The maximum Gasteiger partial charge on any atom is 0.497 e. The molecule has 1 N–H and O–H groups in total. The smallest absolute Gasteiger partial charge is 0.456 e. The van der Waals surface area contributed by atoms with E-state index in [1.807, 2.05) is 40.8 Å². The fourth-order valence-corrected chi connectivity index (χ4v) is 4.51. The third-order valence-electron chi connectivity index (χ3n) is 6.74. The Kier molecular flexibility index (Phi) is 6.09. The summed E-state index contributed by atoms with van der Waals surface area (Å²) >= 11 is 0. The van der Waals surface area contributed by atoms with E-state index in [4.69, 9.17) is 13.7 Å². The van der Waals surface area contributed by atoms with Crippen molar-refractivity contribution in [3.63, 3.8) is 0 Å². The molecule has 0 spiro atoms. The molecule has 2 aromatic carbocycles. The summed E-state index contributed by atoms with van der Waals surface area (Å²) in [5, 5.41) is 3.95. The fourth-order valence-electron chi connectivity index (χ4n) is 4.00. The molecule has 2 heterocycles. The van der Waals surface area contributed by atoms with Gasteiger partial charge >= 0.3 is 7.12 Å². The molecule has 1 saturated heterocycles. The summed E-state index contributed by atoms with van der Waals surface area (Å²) in [7, 11) is -1.04. The highest BCUT2D eigenvalue weighted by atomic mass is 32.2. The molecule has 4 rings (SSSR count). The molecule has 7 nitrogen and oxygen atoms in total. The fraction of sp³-hybridized carbons (Fsp3) is 0.417. The number of sulfonamides is 1. The molecule has 0 amide bonds. The molecular formula is C24H30BFN2O5S. The molecule has 10 heteroatoms. The van der Waals surface area contributed by atoms with Gasteiger partial charge in [0.15, 0.2) is 0 Å². The molecule has 0 saturated carbocycles. The van der Waals surface area contributed by atoms with Gasteiger partial charge in [-0.15, -0.1) is 0 Å². The number of nitrogens with one attached hydrogen (secondary N) is 1. The van der Waals surface area contributed by atoms with Crippen molar-refractivity contribution in [2.24, 2.45) is 0 Å². The number of halogens is 1. The summed E-state index contributed by atoms with van der Waals surface area (Å²) in [5.74, 6) is 0.249. The number of hydrogen-bond donors (Lipinski definition) is 1. The van der Waals surface area contributed by atoms with Crippen LogP contribution in [0.15, 0.2) is 40.8 Å². The predicted molar refractivity (Wildman–Crippen MR) is 133 cm³/mol. The van der Waals surface area contributed by atoms with Crippen LogP contribution >= 0.6 is 0 Å². The first-order chi connectivity index (χ1) is 15.7. The highest BCUT2D eigenvalue weighted by Gasteiger charge is 2.52. The Morgan fingerprint density at radius 1 is 1.06 bits per heavy atom. The van der Waals surface area contributed by atoms with E-state index in [-0.39, 0.29) is 5.82 Å². The number of furan rings is 1. The van der Waals surface area contributed by atoms with E-state index in [0.29, 0.717) is 29.0 Å². The lowest BCUT2D eigenvalue weighted by Crippen LogP contribution is -2.41. The lowest BCUT2D eigenvalue weighted by atomic mass is 9.77. The number of hydrogen-bond acceptors (Lipinski definition) is 6. The maximum atomic E-state index is 13.5. The van der Waals surface area contributed by atoms with Crippen molar-refractivity contribution < 1.29 is 26.5 Å². The standard InChI is InChI=1S/C24H30BFN2O5S/c1-23(2)24(3,4)33-25(32-23)19-12-17-18(14-27-5)22(15-8-10-16(26)11-9-15)31-21(17)13-20(19)28(6)34(7,29)30/h8-13,27H,14H2,1-7H3.